The fourth-order valence-corrected chi connectivity index (χ4v) is 4.03. The molecular weight excluding hydrogens is 404 g/mol. The van der Waals surface area contributed by atoms with Gasteiger partial charge in [0.05, 0.1) is 16.9 Å². The number of aryl methyl sites for hydroxylation is 2. The molecule has 31 heavy (non-hydrogen) atoms. The summed E-state index contributed by atoms with van der Waals surface area (Å²) in [5.74, 6) is -0.0684. The first-order valence-electron chi connectivity index (χ1n) is 10.6. The zero-order valence-electron chi connectivity index (χ0n) is 17.8. The average molecular weight is 429 g/mol. The van der Waals surface area contributed by atoms with E-state index >= 15 is 0 Å². The van der Waals surface area contributed by atoms with Crippen molar-refractivity contribution in [3.63, 3.8) is 0 Å². The Morgan fingerprint density at radius 3 is 2.61 bits per heavy atom. The molecule has 4 rings (SSSR count). The monoisotopic (exact) mass is 428 g/mol. The maximum absolute atomic E-state index is 12.9. The number of halogens is 1. The number of rotatable bonds is 7. The Hall–Kier alpha value is -3.17. The fraction of sp³-hybridized carbons (Fsp3) is 0.185. The largest absolute Gasteiger partial charge is 0.354 e. The molecule has 3 aromatic carbocycles. The smallest absolute Gasteiger partial charge is 0.194 e. The van der Waals surface area contributed by atoms with E-state index < -0.39 is 0 Å². The van der Waals surface area contributed by atoms with E-state index in [0.29, 0.717) is 16.1 Å². The minimum absolute atomic E-state index is 0.0684. The summed E-state index contributed by atoms with van der Waals surface area (Å²) in [7, 11) is 0. The fourth-order valence-electron chi connectivity index (χ4n) is 3.77. The van der Waals surface area contributed by atoms with Crippen LogP contribution in [0.15, 0.2) is 73.1 Å². The van der Waals surface area contributed by atoms with E-state index in [0.717, 1.165) is 34.1 Å². The van der Waals surface area contributed by atoms with Crippen molar-refractivity contribution in [2.75, 3.05) is 5.32 Å². The summed E-state index contributed by atoms with van der Waals surface area (Å²) in [5.41, 5.74) is 5.16. The molecule has 0 aliphatic rings. The summed E-state index contributed by atoms with van der Waals surface area (Å²) < 4.78 is 0. The van der Waals surface area contributed by atoms with Crippen LogP contribution >= 0.6 is 11.6 Å². The predicted octanol–water partition coefficient (Wildman–Crippen LogP) is 7.51. The molecule has 156 valence electrons. The number of anilines is 2. The van der Waals surface area contributed by atoms with Crippen molar-refractivity contribution in [3.8, 4) is 0 Å². The number of benzene rings is 3. The average Bonchev–Trinajstić information content (AvgIpc) is 2.78. The molecular formula is C27H25ClN2O. The maximum atomic E-state index is 12.9. The van der Waals surface area contributed by atoms with Gasteiger partial charge in [0.25, 0.3) is 0 Å². The van der Waals surface area contributed by atoms with E-state index in [1.54, 1.807) is 12.1 Å². The van der Waals surface area contributed by atoms with Gasteiger partial charge in [0.2, 0.25) is 0 Å². The van der Waals surface area contributed by atoms with E-state index in [9.17, 15) is 4.79 Å². The standard InChI is InChI=1S/C27H25ClN2O/c1-3-4-8-19-10-12-23-20(14-19)16-29-17-26(23)30-21-11-13-24(25(28)15-21)27(31)22-9-6-5-7-18(22)2/h5-7,9-17,30H,3-4,8H2,1-2H3. The highest BCUT2D eigenvalue weighted by Gasteiger charge is 2.15. The number of fused-ring (bicyclic) bond motifs is 1. The molecule has 3 nitrogen and oxygen atoms in total. The third-order valence-electron chi connectivity index (χ3n) is 5.52. The molecule has 0 saturated carbocycles. The van der Waals surface area contributed by atoms with Crippen LogP contribution in [-0.2, 0) is 6.42 Å². The molecule has 4 aromatic rings. The summed E-state index contributed by atoms with van der Waals surface area (Å²) in [5, 5.41) is 6.04. The van der Waals surface area contributed by atoms with Crippen LogP contribution < -0.4 is 5.32 Å². The van der Waals surface area contributed by atoms with E-state index in [-0.39, 0.29) is 5.78 Å². The Labute approximate surface area is 188 Å². The first-order valence-corrected chi connectivity index (χ1v) is 11.0. The number of hydrogen-bond acceptors (Lipinski definition) is 3. The quantitative estimate of drug-likeness (QED) is 0.309. The van der Waals surface area contributed by atoms with Crippen molar-refractivity contribution >= 4 is 39.5 Å². The lowest BCUT2D eigenvalue weighted by molar-refractivity contribution is 0.103. The number of unbranched alkanes of at least 4 members (excludes halogenated alkanes) is 1. The molecule has 0 bridgehead atoms. The summed E-state index contributed by atoms with van der Waals surface area (Å²) >= 11 is 6.50. The zero-order valence-corrected chi connectivity index (χ0v) is 18.5. The molecule has 1 aromatic heterocycles. The molecule has 4 heteroatoms. The number of nitrogens with zero attached hydrogens (tertiary/aromatic N) is 1. The number of carbonyl (C=O) groups excluding carboxylic acids is 1. The van der Waals surface area contributed by atoms with Crippen molar-refractivity contribution in [2.45, 2.75) is 33.1 Å². The van der Waals surface area contributed by atoms with Gasteiger partial charge >= 0.3 is 0 Å². The van der Waals surface area contributed by atoms with Crippen LogP contribution in [0, 0.1) is 6.92 Å². The van der Waals surface area contributed by atoms with Gasteiger partial charge in [0, 0.05) is 33.8 Å². The minimum Gasteiger partial charge on any atom is -0.354 e. The van der Waals surface area contributed by atoms with Crippen molar-refractivity contribution in [2.24, 2.45) is 0 Å². The van der Waals surface area contributed by atoms with E-state index in [1.807, 2.05) is 49.6 Å². The number of nitrogens with one attached hydrogen (secondary N) is 1. The molecule has 0 aliphatic carbocycles. The lowest BCUT2D eigenvalue weighted by atomic mass is 9.99. The molecule has 0 unspecified atom stereocenters. The predicted molar refractivity (Wildman–Crippen MR) is 130 cm³/mol. The molecule has 0 radical (unpaired) electrons. The molecule has 0 amide bonds. The number of carbonyl (C=O) groups is 1. The highest BCUT2D eigenvalue weighted by atomic mass is 35.5. The topological polar surface area (TPSA) is 42.0 Å². The second kappa shape index (κ2) is 9.32. The first-order chi connectivity index (χ1) is 15.1. The van der Waals surface area contributed by atoms with E-state index in [4.69, 9.17) is 11.6 Å². The van der Waals surface area contributed by atoms with Gasteiger partial charge < -0.3 is 5.32 Å². The number of hydrogen-bond donors (Lipinski definition) is 1. The molecule has 1 heterocycles. The third kappa shape index (κ3) is 4.62. The number of ketones is 1. The van der Waals surface area contributed by atoms with Crippen LogP contribution in [0.1, 0.15) is 46.8 Å². The Kier molecular flexibility index (Phi) is 6.34. The highest BCUT2D eigenvalue weighted by Crippen LogP contribution is 2.30. The van der Waals surface area contributed by atoms with E-state index in [1.165, 1.54) is 18.4 Å². The second-order valence-corrected chi connectivity index (χ2v) is 8.22. The van der Waals surface area contributed by atoms with Crippen LogP contribution in [0.2, 0.25) is 5.02 Å². The Bertz CT molecular complexity index is 1250. The van der Waals surface area contributed by atoms with Crippen LogP contribution in [0.25, 0.3) is 10.8 Å². The number of aromatic nitrogens is 1. The van der Waals surface area contributed by atoms with E-state index in [2.05, 4.69) is 35.4 Å². The number of pyridine rings is 1. The van der Waals surface area contributed by atoms with Gasteiger partial charge in [0.15, 0.2) is 5.78 Å². The lowest BCUT2D eigenvalue weighted by Gasteiger charge is -2.12. The van der Waals surface area contributed by atoms with Gasteiger partial charge in [-0.2, -0.15) is 0 Å². The van der Waals surface area contributed by atoms with Gasteiger partial charge in [-0.1, -0.05) is 61.3 Å². The zero-order chi connectivity index (χ0) is 21.8. The van der Waals surface area contributed by atoms with Gasteiger partial charge in [-0.15, -0.1) is 0 Å². The van der Waals surface area contributed by atoms with Crippen LogP contribution in [-0.4, -0.2) is 10.8 Å². The molecule has 0 atom stereocenters. The van der Waals surface area contributed by atoms with Crippen LogP contribution in [0.3, 0.4) is 0 Å². The normalized spacial score (nSPS) is 10.9. The van der Waals surface area contributed by atoms with Crippen molar-refractivity contribution in [1.82, 2.24) is 4.98 Å². The SMILES string of the molecule is CCCCc1ccc2c(Nc3ccc(C(=O)c4ccccc4C)c(Cl)c3)cncc2c1. The molecule has 0 aliphatic heterocycles. The molecule has 0 saturated heterocycles. The van der Waals surface area contributed by atoms with Crippen LogP contribution in [0.5, 0.6) is 0 Å². The second-order valence-electron chi connectivity index (χ2n) is 7.81. The van der Waals surface area contributed by atoms with Crippen LogP contribution in [0.4, 0.5) is 11.4 Å². The summed E-state index contributed by atoms with van der Waals surface area (Å²) in [6.45, 7) is 4.13. The van der Waals surface area contributed by atoms with Gasteiger partial charge in [-0.3, -0.25) is 9.78 Å². The first kappa shape index (κ1) is 21.1. The van der Waals surface area contributed by atoms with Crippen molar-refractivity contribution < 1.29 is 4.79 Å². The molecule has 1 N–H and O–H groups in total. The Balaban J connectivity index is 1.60. The summed E-state index contributed by atoms with van der Waals surface area (Å²) in [6.07, 6.45) is 7.15. The minimum atomic E-state index is -0.0684. The molecule has 0 fully saturated rings. The lowest BCUT2D eigenvalue weighted by Crippen LogP contribution is -2.04. The van der Waals surface area contributed by atoms with Gasteiger partial charge in [0.1, 0.15) is 0 Å². The van der Waals surface area contributed by atoms with Gasteiger partial charge in [-0.25, -0.2) is 0 Å². The summed E-state index contributed by atoms with van der Waals surface area (Å²) in [4.78, 5) is 17.3. The Morgan fingerprint density at radius 2 is 1.84 bits per heavy atom. The molecule has 0 spiro atoms. The summed E-state index contributed by atoms with van der Waals surface area (Å²) in [6, 6.07) is 19.5. The maximum Gasteiger partial charge on any atom is 0.194 e. The van der Waals surface area contributed by atoms with Crippen molar-refractivity contribution in [3.05, 3.63) is 100 Å². The van der Waals surface area contributed by atoms with Crippen molar-refractivity contribution in [1.29, 1.82) is 0 Å². The Morgan fingerprint density at radius 1 is 1.00 bits per heavy atom. The third-order valence-corrected chi connectivity index (χ3v) is 5.84. The van der Waals surface area contributed by atoms with Gasteiger partial charge in [-0.05, 0) is 55.2 Å². The highest BCUT2D eigenvalue weighted by molar-refractivity contribution is 6.35.